The Kier molecular flexibility index (Phi) is 4.65. The van der Waals surface area contributed by atoms with Gasteiger partial charge >= 0.3 is 12.0 Å². The third-order valence-electron chi connectivity index (χ3n) is 3.85. The number of carbonyl (C=O) groups is 2. The summed E-state index contributed by atoms with van der Waals surface area (Å²) < 4.78 is 6.02. The number of hydrogen-bond donors (Lipinski definition) is 3. The summed E-state index contributed by atoms with van der Waals surface area (Å²) in [5.74, 6) is -0.390. The molecule has 1 atom stereocenters. The molecule has 7 heteroatoms. The molecule has 1 aliphatic carbocycles. The number of carbonyl (C=O) groups excluding carboxylic acids is 2. The van der Waals surface area contributed by atoms with Crippen molar-refractivity contribution in [2.75, 3.05) is 12.0 Å². The average molecular weight is 370 g/mol. The predicted octanol–water partition coefficient (Wildman–Crippen LogP) is 2.81. The lowest BCUT2D eigenvalue weighted by atomic mass is 10.1. The van der Waals surface area contributed by atoms with Crippen LogP contribution in [0.2, 0.25) is 0 Å². The van der Waals surface area contributed by atoms with Gasteiger partial charge in [0.1, 0.15) is 5.54 Å². The summed E-state index contributed by atoms with van der Waals surface area (Å²) >= 11 is 3.34. The highest BCUT2D eigenvalue weighted by atomic mass is 79.9. The van der Waals surface area contributed by atoms with Gasteiger partial charge in [0.25, 0.3) is 0 Å². The number of rotatable bonds is 5. The van der Waals surface area contributed by atoms with Crippen molar-refractivity contribution < 1.29 is 14.3 Å². The smallest absolute Gasteiger partial charge is 0.334 e. The fourth-order valence-corrected chi connectivity index (χ4v) is 2.64. The third kappa shape index (κ3) is 3.35. The summed E-state index contributed by atoms with van der Waals surface area (Å²) in [6, 6.07) is 6.86. The van der Waals surface area contributed by atoms with Gasteiger partial charge in [0.05, 0.1) is 12.3 Å². The average Bonchev–Trinajstić information content (AvgIpc) is 3.01. The minimum atomic E-state index is -0.950. The van der Waals surface area contributed by atoms with E-state index in [0.29, 0.717) is 6.42 Å². The van der Waals surface area contributed by atoms with Crippen LogP contribution < -0.4 is 16.2 Å². The molecule has 120 valence electrons. The van der Waals surface area contributed by atoms with E-state index in [1.54, 1.807) is 6.92 Å². The van der Waals surface area contributed by atoms with Gasteiger partial charge in [-0.05, 0) is 37.6 Å². The number of nitrogens with one attached hydrogen (secondary N) is 3. The molecule has 22 heavy (non-hydrogen) atoms. The normalized spacial score (nSPS) is 21.6. The van der Waals surface area contributed by atoms with E-state index in [4.69, 9.17) is 4.74 Å². The molecule has 0 spiro atoms. The van der Waals surface area contributed by atoms with Gasteiger partial charge in [-0.3, -0.25) is 10.9 Å². The summed E-state index contributed by atoms with van der Waals surface area (Å²) in [6.07, 6.45) is 0.560. The highest BCUT2D eigenvalue weighted by Gasteiger charge is 2.68. The molecule has 0 heterocycles. The molecule has 1 aromatic carbocycles. The summed E-state index contributed by atoms with van der Waals surface area (Å²) in [4.78, 5) is 24.1. The fraction of sp³-hybridized carbons (Fsp3) is 0.467. The zero-order chi connectivity index (χ0) is 16.4. The van der Waals surface area contributed by atoms with Crippen LogP contribution in [-0.4, -0.2) is 24.1 Å². The van der Waals surface area contributed by atoms with Gasteiger partial charge in [-0.25, -0.2) is 9.59 Å². The number of ether oxygens (including phenoxy) is 1. The number of halogens is 1. The standard InChI is InChI=1S/C15H20BrN3O3/c1-4-22-12(20)15(9-14(15,2)3)17-13(21)19-18-11-7-5-10(16)6-8-11/h5-8,18H,4,9H2,1-3H3,(H2,17,19,21). The maximum Gasteiger partial charge on any atom is 0.334 e. The molecular formula is C15H20BrN3O3. The SMILES string of the molecule is CCOC(=O)C1(NC(=O)NNc2ccc(Br)cc2)CC1(C)C. The van der Waals surface area contributed by atoms with Crippen LogP contribution in [0, 0.1) is 5.41 Å². The molecule has 3 N–H and O–H groups in total. The molecule has 0 aromatic heterocycles. The number of anilines is 1. The Labute approximate surface area is 138 Å². The highest BCUT2D eigenvalue weighted by Crippen LogP contribution is 2.56. The molecular weight excluding hydrogens is 350 g/mol. The summed E-state index contributed by atoms with van der Waals surface area (Å²) in [6.45, 7) is 5.88. The number of amides is 2. The van der Waals surface area contributed by atoms with Gasteiger partial charge in [-0.2, -0.15) is 0 Å². The van der Waals surface area contributed by atoms with E-state index in [9.17, 15) is 9.59 Å². The molecule has 0 radical (unpaired) electrons. The lowest BCUT2D eigenvalue weighted by Gasteiger charge is -2.21. The van der Waals surface area contributed by atoms with E-state index in [1.165, 1.54) is 0 Å². The lowest BCUT2D eigenvalue weighted by Crippen LogP contribution is -2.52. The summed E-state index contributed by atoms with van der Waals surface area (Å²) in [5.41, 5.74) is 4.79. The second kappa shape index (κ2) is 6.16. The second-order valence-corrected chi connectivity index (χ2v) is 6.81. The van der Waals surface area contributed by atoms with E-state index >= 15 is 0 Å². The van der Waals surface area contributed by atoms with Crippen LogP contribution in [0.15, 0.2) is 28.7 Å². The highest BCUT2D eigenvalue weighted by molar-refractivity contribution is 9.10. The van der Waals surface area contributed by atoms with Crippen molar-refractivity contribution in [3.63, 3.8) is 0 Å². The molecule has 6 nitrogen and oxygen atoms in total. The fourth-order valence-electron chi connectivity index (χ4n) is 2.37. The first-order chi connectivity index (χ1) is 10.3. The topological polar surface area (TPSA) is 79.5 Å². The van der Waals surface area contributed by atoms with Crippen LogP contribution in [0.1, 0.15) is 27.2 Å². The zero-order valence-electron chi connectivity index (χ0n) is 12.8. The Balaban J connectivity index is 1.93. The molecule has 0 aliphatic heterocycles. The Hall–Kier alpha value is -1.76. The van der Waals surface area contributed by atoms with E-state index in [2.05, 4.69) is 32.1 Å². The largest absolute Gasteiger partial charge is 0.464 e. The summed E-state index contributed by atoms with van der Waals surface area (Å²) in [5, 5.41) is 2.73. The lowest BCUT2D eigenvalue weighted by molar-refractivity contribution is -0.147. The molecule has 1 fully saturated rings. The number of urea groups is 1. The number of hydrazine groups is 1. The van der Waals surface area contributed by atoms with Gasteiger partial charge in [-0.1, -0.05) is 29.8 Å². The zero-order valence-corrected chi connectivity index (χ0v) is 14.4. The van der Waals surface area contributed by atoms with Crippen LogP contribution in [0.5, 0.6) is 0 Å². The first-order valence-electron chi connectivity index (χ1n) is 7.08. The molecule has 1 aromatic rings. The quantitative estimate of drug-likeness (QED) is 0.550. The monoisotopic (exact) mass is 369 g/mol. The van der Waals surface area contributed by atoms with E-state index in [1.807, 2.05) is 38.1 Å². The number of hydrogen-bond acceptors (Lipinski definition) is 4. The van der Waals surface area contributed by atoms with Crippen LogP contribution >= 0.6 is 15.9 Å². The van der Waals surface area contributed by atoms with E-state index in [0.717, 1.165) is 10.2 Å². The van der Waals surface area contributed by atoms with Crippen molar-refractivity contribution in [3.05, 3.63) is 28.7 Å². The Morgan fingerprint density at radius 1 is 1.27 bits per heavy atom. The van der Waals surface area contributed by atoms with Crippen molar-refractivity contribution in [1.82, 2.24) is 10.7 Å². The predicted molar refractivity (Wildman–Crippen MR) is 87.2 cm³/mol. The van der Waals surface area contributed by atoms with E-state index in [-0.39, 0.29) is 12.0 Å². The number of benzene rings is 1. The maximum atomic E-state index is 12.1. The van der Waals surface area contributed by atoms with Crippen molar-refractivity contribution in [2.45, 2.75) is 32.7 Å². The van der Waals surface area contributed by atoms with Crippen molar-refractivity contribution in [1.29, 1.82) is 0 Å². The molecule has 2 rings (SSSR count). The first-order valence-corrected chi connectivity index (χ1v) is 7.87. The van der Waals surface area contributed by atoms with Gasteiger partial charge in [-0.15, -0.1) is 0 Å². The van der Waals surface area contributed by atoms with Gasteiger partial charge in [0.15, 0.2) is 0 Å². The van der Waals surface area contributed by atoms with Crippen molar-refractivity contribution in [3.8, 4) is 0 Å². The number of esters is 1. The van der Waals surface area contributed by atoms with Gasteiger partial charge < -0.3 is 10.1 Å². The third-order valence-corrected chi connectivity index (χ3v) is 4.38. The Bertz CT molecular complexity index is 574. The van der Waals surface area contributed by atoms with Gasteiger partial charge in [0.2, 0.25) is 0 Å². The van der Waals surface area contributed by atoms with Crippen LogP contribution in [0.4, 0.5) is 10.5 Å². The molecule has 0 bridgehead atoms. The minimum absolute atomic E-state index is 0.289. The molecule has 1 saturated carbocycles. The van der Waals surface area contributed by atoms with Crippen LogP contribution in [-0.2, 0) is 9.53 Å². The minimum Gasteiger partial charge on any atom is -0.464 e. The van der Waals surface area contributed by atoms with Crippen molar-refractivity contribution >= 4 is 33.6 Å². The summed E-state index contributed by atoms with van der Waals surface area (Å²) in [7, 11) is 0. The van der Waals surface area contributed by atoms with Crippen molar-refractivity contribution in [2.24, 2.45) is 5.41 Å². The van der Waals surface area contributed by atoms with Crippen LogP contribution in [0.3, 0.4) is 0 Å². The Morgan fingerprint density at radius 3 is 2.36 bits per heavy atom. The first kappa shape index (κ1) is 16.6. The second-order valence-electron chi connectivity index (χ2n) is 5.90. The Morgan fingerprint density at radius 2 is 1.86 bits per heavy atom. The van der Waals surface area contributed by atoms with Crippen LogP contribution in [0.25, 0.3) is 0 Å². The molecule has 1 unspecified atom stereocenters. The molecule has 2 amide bonds. The van der Waals surface area contributed by atoms with E-state index < -0.39 is 17.5 Å². The molecule has 1 aliphatic rings. The van der Waals surface area contributed by atoms with Gasteiger partial charge in [0, 0.05) is 9.89 Å². The maximum absolute atomic E-state index is 12.1. The molecule has 0 saturated heterocycles.